The number of hydrogen-bond acceptors (Lipinski definition) is 3. The quantitative estimate of drug-likeness (QED) is 0.486. The van der Waals surface area contributed by atoms with Crippen LogP contribution in [0.4, 0.5) is 0 Å². The Morgan fingerprint density at radius 3 is 2.62 bits per heavy atom. The molecule has 0 aliphatic rings. The van der Waals surface area contributed by atoms with Gasteiger partial charge in [-0.2, -0.15) is 0 Å². The number of hydrogen-bond donors (Lipinski definition) is 0. The molecule has 128 valence electrons. The van der Waals surface area contributed by atoms with Crippen molar-refractivity contribution >= 4 is 34.4 Å². The van der Waals surface area contributed by atoms with Gasteiger partial charge in [-0.3, -0.25) is 9.78 Å². The van der Waals surface area contributed by atoms with Gasteiger partial charge in [0.05, 0.1) is 5.52 Å². The Bertz CT molecular complexity index is 1120. The minimum Gasteiger partial charge on any atom is -0.342 e. The lowest BCUT2D eigenvalue weighted by Crippen LogP contribution is -2.10. The van der Waals surface area contributed by atoms with Gasteiger partial charge < -0.3 is 4.57 Å². The summed E-state index contributed by atoms with van der Waals surface area (Å²) in [5.41, 5.74) is 2.46. The van der Waals surface area contributed by atoms with Crippen LogP contribution < -0.4 is 5.43 Å². The molecule has 0 aliphatic carbocycles. The molecule has 0 atom stereocenters. The van der Waals surface area contributed by atoms with Crippen molar-refractivity contribution in [3.8, 4) is 0 Å². The minimum absolute atomic E-state index is 0.0549. The topological polar surface area (TPSA) is 34.9 Å². The van der Waals surface area contributed by atoms with E-state index in [1.807, 2.05) is 54.7 Å². The number of nitrogens with zero attached hydrogens (tertiary/aromatic N) is 2. The smallest absolute Gasteiger partial charge is 0.207 e. The molecule has 0 bridgehead atoms. The molecule has 4 aromatic rings. The molecule has 0 N–H and O–H groups in total. The summed E-state index contributed by atoms with van der Waals surface area (Å²) in [7, 11) is 0. The van der Waals surface area contributed by atoms with Crippen LogP contribution in [0, 0.1) is 0 Å². The van der Waals surface area contributed by atoms with E-state index in [1.54, 1.807) is 24.0 Å². The Kier molecular flexibility index (Phi) is 4.78. The predicted molar refractivity (Wildman–Crippen MR) is 107 cm³/mol. The first-order valence-electron chi connectivity index (χ1n) is 8.16. The largest absolute Gasteiger partial charge is 0.342 e. The number of rotatable bonds is 4. The van der Waals surface area contributed by atoms with Crippen LogP contribution in [0.5, 0.6) is 0 Å². The number of fused-ring (bicyclic) bond motifs is 1. The molecule has 2 heterocycles. The van der Waals surface area contributed by atoms with Crippen LogP contribution in [0.25, 0.3) is 11.0 Å². The standard InChI is InChI=1S/C21H15ClN2OS/c22-16-7-9-17(10-8-16)26-20-6-2-1-4-15(20)14-24-13-11-19(25)21-18(24)5-3-12-23-21/h1-13H,14H2. The van der Waals surface area contributed by atoms with Crippen molar-refractivity contribution < 1.29 is 0 Å². The fraction of sp³-hybridized carbons (Fsp3) is 0.0476. The highest BCUT2D eigenvalue weighted by Gasteiger charge is 2.08. The van der Waals surface area contributed by atoms with Gasteiger partial charge >= 0.3 is 0 Å². The highest BCUT2D eigenvalue weighted by Crippen LogP contribution is 2.31. The number of pyridine rings is 2. The van der Waals surface area contributed by atoms with Crippen molar-refractivity contribution in [2.24, 2.45) is 0 Å². The van der Waals surface area contributed by atoms with Crippen LogP contribution in [0.1, 0.15) is 5.56 Å². The average Bonchev–Trinajstić information content (AvgIpc) is 2.67. The van der Waals surface area contributed by atoms with Crippen molar-refractivity contribution in [2.45, 2.75) is 16.3 Å². The predicted octanol–water partition coefficient (Wildman–Crippen LogP) is 5.25. The van der Waals surface area contributed by atoms with E-state index in [2.05, 4.69) is 21.7 Å². The van der Waals surface area contributed by atoms with E-state index in [0.29, 0.717) is 12.1 Å². The average molecular weight is 379 g/mol. The molecule has 2 aromatic carbocycles. The second kappa shape index (κ2) is 7.36. The number of benzene rings is 2. The minimum atomic E-state index is -0.0549. The summed E-state index contributed by atoms with van der Waals surface area (Å²) in [4.78, 5) is 18.6. The van der Waals surface area contributed by atoms with Crippen molar-refractivity contribution in [1.82, 2.24) is 9.55 Å². The first kappa shape index (κ1) is 16.9. The van der Waals surface area contributed by atoms with Gasteiger partial charge in [0.1, 0.15) is 5.52 Å². The third kappa shape index (κ3) is 3.52. The molecular formula is C21H15ClN2OS. The van der Waals surface area contributed by atoms with Crippen LogP contribution >= 0.6 is 23.4 Å². The van der Waals surface area contributed by atoms with Gasteiger partial charge in [0, 0.05) is 39.8 Å². The SMILES string of the molecule is O=c1ccn(Cc2ccccc2Sc2ccc(Cl)cc2)c2cccnc12. The molecule has 0 saturated heterocycles. The van der Waals surface area contributed by atoms with Crippen molar-refractivity contribution in [3.63, 3.8) is 0 Å². The van der Waals surface area contributed by atoms with Gasteiger partial charge in [-0.25, -0.2) is 0 Å². The zero-order valence-electron chi connectivity index (χ0n) is 13.8. The van der Waals surface area contributed by atoms with Crippen LogP contribution in [0.15, 0.2) is 93.7 Å². The highest BCUT2D eigenvalue weighted by molar-refractivity contribution is 7.99. The lowest BCUT2D eigenvalue weighted by Gasteiger charge is -2.13. The molecule has 0 fully saturated rings. The zero-order chi connectivity index (χ0) is 17.9. The Balaban J connectivity index is 1.71. The van der Waals surface area contributed by atoms with Crippen LogP contribution in [0.3, 0.4) is 0 Å². The molecule has 2 aromatic heterocycles. The summed E-state index contributed by atoms with van der Waals surface area (Å²) in [6.45, 7) is 0.666. The Hall–Kier alpha value is -2.56. The fourth-order valence-corrected chi connectivity index (χ4v) is 3.88. The first-order chi connectivity index (χ1) is 12.7. The molecule has 5 heteroatoms. The number of aromatic nitrogens is 2. The molecule has 0 amide bonds. The van der Waals surface area contributed by atoms with Gasteiger partial charge in [0.25, 0.3) is 0 Å². The first-order valence-corrected chi connectivity index (χ1v) is 9.36. The second-order valence-corrected chi connectivity index (χ2v) is 7.39. The van der Waals surface area contributed by atoms with Crippen molar-refractivity contribution in [3.05, 3.63) is 99.9 Å². The third-order valence-corrected chi connectivity index (χ3v) is 5.47. The lowest BCUT2D eigenvalue weighted by atomic mass is 10.2. The highest BCUT2D eigenvalue weighted by atomic mass is 35.5. The van der Waals surface area contributed by atoms with E-state index < -0.39 is 0 Å². The summed E-state index contributed by atoms with van der Waals surface area (Å²) < 4.78 is 2.06. The maximum Gasteiger partial charge on any atom is 0.207 e. The lowest BCUT2D eigenvalue weighted by molar-refractivity contribution is 0.809. The molecular weight excluding hydrogens is 364 g/mol. The van der Waals surface area contributed by atoms with Gasteiger partial charge in [-0.05, 0) is 48.0 Å². The van der Waals surface area contributed by atoms with E-state index >= 15 is 0 Å². The molecule has 4 rings (SSSR count). The molecule has 0 unspecified atom stereocenters. The number of halogens is 1. The van der Waals surface area contributed by atoms with E-state index in [1.165, 1.54) is 10.5 Å². The molecule has 0 saturated carbocycles. The normalized spacial score (nSPS) is 11.0. The molecule has 26 heavy (non-hydrogen) atoms. The van der Waals surface area contributed by atoms with Gasteiger partial charge in [0.15, 0.2) is 0 Å². The molecule has 0 radical (unpaired) electrons. The Morgan fingerprint density at radius 2 is 1.77 bits per heavy atom. The fourth-order valence-electron chi connectivity index (χ4n) is 2.82. The van der Waals surface area contributed by atoms with E-state index in [4.69, 9.17) is 11.6 Å². The van der Waals surface area contributed by atoms with Crippen LogP contribution in [-0.2, 0) is 6.54 Å². The Morgan fingerprint density at radius 1 is 0.962 bits per heavy atom. The molecule has 0 spiro atoms. The second-order valence-electron chi connectivity index (χ2n) is 5.84. The van der Waals surface area contributed by atoms with Crippen molar-refractivity contribution in [1.29, 1.82) is 0 Å². The van der Waals surface area contributed by atoms with Gasteiger partial charge in [-0.1, -0.05) is 41.6 Å². The van der Waals surface area contributed by atoms with Crippen LogP contribution in [0.2, 0.25) is 5.02 Å². The summed E-state index contributed by atoms with van der Waals surface area (Å²) >= 11 is 7.68. The van der Waals surface area contributed by atoms with E-state index in [0.717, 1.165) is 15.4 Å². The maximum absolute atomic E-state index is 12.0. The maximum atomic E-state index is 12.0. The Labute approximate surface area is 160 Å². The summed E-state index contributed by atoms with van der Waals surface area (Å²) in [5.74, 6) is 0. The summed E-state index contributed by atoms with van der Waals surface area (Å²) in [6.07, 6.45) is 3.48. The van der Waals surface area contributed by atoms with Gasteiger partial charge in [-0.15, -0.1) is 0 Å². The molecule has 0 aliphatic heterocycles. The van der Waals surface area contributed by atoms with E-state index in [9.17, 15) is 4.79 Å². The van der Waals surface area contributed by atoms with E-state index in [-0.39, 0.29) is 5.43 Å². The zero-order valence-corrected chi connectivity index (χ0v) is 15.4. The van der Waals surface area contributed by atoms with Crippen LogP contribution in [-0.4, -0.2) is 9.55 Å². The molecule has 3 nitrogen and oxygen atoms in total. The monoisotopic (exact) mass is 378 g/mol. The third-order valence-electron chi connectivity index (χ3n) is 4.09. The van der Waals surface area contributed by atoms with Crippen molar-refractivity contribution in [2.75, 3.05) is 0 Å². The summed E-state index contributed by atoms with van der Waals surface area (Å²) in [5, 5.41) is 0.731. The summed E-state index contributed by atoms with van der Waals surface area (Å²) in [6, 6.07) is 21.5. The van der Waals surface area contributed by atoms with Gasteiger partial charge in [0.2, 0.25) is 5.43 Å².